The Labute approximate surface area is 258 Å². The van der Waals surface area contributed by atoms with Crippen molar-refractivity contribution in [1.29, 1.82) is 0 Å². The number of para-hydroxylation sites is 1. The SMILES string of the molecule is CCc1cnc(-c2[c-]cc([Si](C)(C)C)c3c2oc2ccccc23)c(CC)c1.Cc1ccnc(-c2[c-]cccc2)c1.[Ir]. The summed E-state index contributed by atoms with van der Waals surface area (Å²) in [5, 5.41) is 3.85. The summed E-state index contributed by atoms with van der Waals surface area (Å²) in [6.07, 6.45) is 5.76. The zero-order chi connectivity index (χ0) is 28.3. The van der Waals surface area contributed by atoms with E-state index in [0.717, 1.165) is 46.5 Å². The van der Waals surface area contributed by atoms with Crippen molar-refractivity contribution in [3.05, 3.63) is 114 Å². The molecule has 211 valence electrons. The molecule has 0 spiro atoms. The fraction of sp³-hybridized carbons (Fsp3) is 0.222. The number of furan rings is 1. The van der Waals surface area contributed by atoms with Crippen molar-refractivity contribution in [2.24, 2.45) is 0 Å². The van der Waals surface area contributed by atoms with Crippen LogP contribution in [0.5, 0.6) is 0 Å². The van der Waals surface area contributed by atoms with Gasteiger partial charge < -0.3 is 14.4 Å². The van der Waals surface area contributed by atoms with E-state index in [1.54, 1.807) is 0 Å². The standard InChI is InChI=1S/C24H26NOSi.C12H10N.Ir/c1-6-16-14-17(7-2)23(25-15-16)19-12-13-21(27(3,4)5)22-18-10-8-9-11-20(18)26-24(19)22;1-10-7-8-13-12(9-10)11-5-3-2-4-6-11;/h8-11,13-15H,6-7H2,1-5H3;2-5,7-9H,1H3;/q2*-1;. The van der Waals surface area contributed by atoms with Crippen molar-refractivity contribution in [2.75, 3.05) is 0 Å². The Morgan fingerprint density at radius 1 is 0.878 bits per heavy atom. The van der Waals surface area contributed by atoms with Gasteiger partial charge in [-0.25, -0.2) is 0 Å². The number of hydrogen-bond acceptors (Lipinski definition) is 3. The number of aromatic nitrogens is 2. The van der Waals surface area contributed by atoms with Gasteiger partial charge in [-0.2, -0.15) is 0 Å². The van der Waals surface area contributed by atoms with E-state index >= 15 is 0 Å². The fourth-order valence-corrected chi connectivity index (χ4v) is 6.53. The first-order chi connectivity index (χ1) is 19.3. The number of pyridine rings is 2. The Kier molecular flexibility index (Phi) is 9.75. The van der Waals surface area contributed by atoms with Crippen LogP contribution in [-0.4, -0.2) is 18.0 Å². The molecule has 6 rings (SSSR count). The van der Waals surface area contributed by atoms with Crippen molar-refractivity contribution in [1.82, 2.24) is 9.97 Å². The van der Waals surface area contributed by atoms with Gasteiger partial charge in [0.1, 0.15) is 5.58 Å². The molecule has 0 aliphatic carbocycles. The molecule has 6 aromatic rings. The van der Waals surface area contributed by atoms with Gasteiger partial charge in [-0.05, 0) is 48.8 Å². The summed E-state index contributed by atoms with van der Waals surface area (Å²) >= 11 is 0. The van der Waals surface area contributed by atoms with Crippen molar-refractivity contribution in [3.8, 4) is 22.5 Å². The van der Waals surface area contributed by atoms with Gasteiger partial charge >= 0.3 is 0 Å². The maximum atomic E-state index is 6.38. The molecule has 0 amide bonds. The number of fused-ring (bicyclic) bond motifs is 3. The molecule has 3 aromatic carbocycles. The molecule has 0 bridgehead atoms. The first-order valence-electron chi connectivity index (χ1n) is 14.0. The van der Waals surface area contributed by atoms with Crippen LogP contribution in [0.15, 0.2) is 89.6 Å². The zero-order valence-electron chi connectivity index (χ0n) is 24.6. The van der Waals surface area contributed by atoms with Gasteiger partial charge in [-0.15, -0.1) is 53.2 Å². The Morgan fingerprint density at radius 3 is 2.34 bits per heavy atom. The van der Waals surface area contributed by atoms with Gasteiger partial charge in [0.2, 0.25) is 0 Å². The zero-order valence-corrected chi connectivity index (χ0v) is 28.0. The van der Waals surface area contributed by atoms with E-state index in [0.29, 0.717) is 0 Å². The first kappa shape index (κ1) is 30.6. The van der Waals surface area contributed by atoms with E-state index in [9.17, 15) is 0 Å². The maximum Gasteiger partial charge on any atom is 0.120 e. The van der Waals surface area contributed by atoms with Crippen molar-refractivity contribution >= 4 is 35.2 Å². The van der Waals surface area contributed by atoms with E-state index in [4.69, 9.17) is 9.40 Å². The number of nitrogens with zero attached hydrogens (tertiary/aromatic N) is 2. The predicted molar refractivity (Wildman–Crippen MR) is 171 cm³/mol. The third-order valence-corrected chi connectivity index (χ3v) is 9.22. The van der Waals surface area contributed by atoms with Crippen molar-refractivity contribution in [3.63, 3.8) is 0 Å². The minimum atomic E-state index is -1.55. The summed E-state index contributed by atoms with van der Waals surface area (Å²) in [7, 11) is -1.55. The molecule has 3 nitrogen and oxygen atoms in total. The molecule has 5 heteroatoms. The number of benzene rings is 3. The molecule has 41 heavy (non-hydrogen) atoms. The summed E-state index contributed by atoms with van der Waals surface area (Å²) in [5.41, 5.74) is 9.65. The van der Waals surface area contributed by atoms with Crippen molar-refractivity contribution in [2.45, 2.75) is 53.3 Å². The van der Waals surface area contributed by atoms with Gasteiger partial charge in [0.15, 0.2) is 0 Å². The monoisotopic (exact) mass is 733 g/mol. The third kappa shape index (κ3) is 6.59. The minimum absolute atomic E-state index is 0. The van der Waals surface area contributed by atoms with Gasteiger partial charge in [0.05, 0.1) is 5.58 Å². The quantitative estimate of drug-likeness (QED) is 0.131. The smallest absolute Gasteiger partial charge is 0.120 e. The molecule has 0 atom stereocenters. The summed E-state index contributed by atoms with van der Waals surface area (Å²) in [5.74, 6) is 0. The van der Waals surface area contributed by atoms with Crippen LogP contribution in [0.2, 0.25) is 19.6 Å². The molecule has 3 aromatic heterocycles. The van der Waals surface area contributed by atoms with Crippen LogP contribution in [0, 0.1) is 19.1 Å². The Hall–Kier alpha value is -3.37. The normalized spacial score (nSPS) is 11.2. The molecular weight excluding hydrogens is 697 g/mol. The van der Waals surface area contributed by atoms with Crippen LogP contribution in [0.3, 0.4) is 0 Å². The molecule has 0 unspecified atom stereocenters. The van der Waals surface area contributed by atoms with Gasteiger partial charge in [-0.1, -0.05) is 85.9 Å². The van der Waals surface area contributed by atoms with Crippen LogP contribution in [0.1, 0.15) is 30.5 Å². The van der Waals surface area contributed by atoms with Crippen LogP contribution in [0.4, 0.5) is 0 Å². The van der Waals surface area contributed by atoms with E-state index < -0.39 is 8.07 Å². The van der Waals surface area contributed by atoms with E-state index in [-0.39, 0.29) is 20.1 Å². The summed E-state index contributed by atoms with van der Waals surface area (Å²) in [6.45, 7) is 13.6. The maximum absolute atomic E-state index is 6.38. The predicted octanol–water partition coefficient (Wildman–Crippen LogP) is 8.97. The van der Waals surface area contributed by atoms with Crippen LogP contribution in [-0.2, 0) is 32.9 Å². The molecule has 0 aliphatic heterocycles. The average Bonchev–Trinajstić information content (AvgIpc) is 3.36. The van der Waals surface area contributed by atoms with Crippen molar-refractivity contribution < 1.29 is 24.5 Å². The minimum Gasteiger partial charge on any atom is -0.501 e. The Morgan fingerprint density at radius 2 is 1.66 bits per heavy atom. The largest absolute Gasteiger partial charge is 0.501 e. The molecule has 0 aliphatic rings. The Balaban J connectivity index is 0.000000233. The summed E-state index contributed by atoms with van der Waals surface area (Å²) < 4.78 is 6.38. The summed E-state index contributed by atoms with van der Waals surface area (Å²) in [6, 6.07) is 31.5. The number of rotatable bonds is 5. The number of aryl methyl sites for hydroxylation is 3. The molecule has 0 fully saturated rings. The Bertz CT molecular complexity index is 1770. The van der Waals surface area contributed by atoms with E-state index in [2.05, 4.69) is 93.9 Å². The summed E-state index contributed by atoms with van der Waals surface area (Å²) in [4.78, 5) is 9.10. The second kappa shape index (κ2) is 13.1. The number of hydrogen-bond donors (Lipinski definition) is 0. The molecule has 0 saturated carbocycles. The van der Waals surface area contributed by atoms with Gasteiger partial charge in [-0.3, -0.25) is 0 Å². The molecular formula is C36H36IrN2OSi-2. The van der Waals surface area contributed by atoms with E-state index in [1.165, 1.54) is 32.6 Å². The third-order valence-electron chi connectivity index (χ3n) is 7.21. The first-order valence-corrected chi connectivity index (χ1v) is 17.5. The molecule has 0 saturated heterocycles. The second-order valence-electron chi connectivity index (χ2n) is 11.2. The topological polar surface area (TPSA) is 38.9 Å². The molecule has 0 N–H and O–H groups in total. The van der Waals surface area contributed by atoms with Gasteiger partial charge in [0, 0.05) is 46.0 Å². The van der Waals surface area contributed by atoms with E-state index in [1.807, 2.05) is 48.8 Å². The average molecular weight is 733 g/mol. The van der Waals surface area contributed by atoms with Gasteiger partial charge in [0.25, 0.3) is 0 Å². The fourth-order valence-electron chi connectivity index (χ4n) is 5.02. The van der Waals surface area contributed by atoms with Crippen LogP contribution >= 0.6 is 0 Å². The second-order valence-corrected chi connectivity index (χ2v) is 16.2. The molecule has 3 heterocycles. The van der Waals surface area contributed by atoms with Crippen LogP contribution in [0.25, 0.3) is 44.5 Å². The van der Waals surface area contributed by atoms with Crippen LogP contribution < -0.4 is 5.19 Å². The molecule has 1 radical (unpaired) electrons.